The van der Waals surface area contributed by atoms with Crippen molar-refractivity contribution in [1.82, 2.24) is 0 Å². The van der Waals surface area contributed by atoms with Crippen molar-refractivity contribution in [2.75, 3.05) is 13.9 Å². The molecule has 0 amide bonds. The van der Waals surface area contributed by atoms with Gasteiger partial charge in [0.15, 0.2) is 0 Å². The third kappa shape index (κ3) is 4.64. The molecular formula is C22H36O3. The van der Waals surface area contributed by atoms with Gasteiger partial charge in [-0.15, -0.1) is 0 Å². The molecule has 2 aliphatic rings. The molecule has 3 heteroatoms. The number of methoxy groups -OCH3 is 1. The van der Waals surface area contributed by atoms with Crippen LogP contribution in [0.3, 0.4) is 0 Å². The van der Waals surface area contributed by atoms with Crippen LogP contribution in [0.15, 0.2) is 34.4 Å². The molecule has 4 atom stereocenters. The SMILES string of the molecule is COCO[C@H]1C[C@@H](C)[C@@]2(C)CC/C(C)=C/CC/C(C)=C/[C@@H](O)C1=C2C. The van der Waals surface area contributed by atoms with Crippen LogP contribution in [0, 0.1) is 11.3 Å². The molecule has 0 saturated carbocycles. The van der Waals surface area contributed by atoms with Gasteiger partial charge in [0.1, 0.15) is 6.79 Å². The van der Waals surface area contributed by atoms with Gasteiger partial charge >= 0.3 is 0 Å². The summed E-state index contributed by atoms with van der Waals surface area (Å²) in [5.74, 6) is 0.506. The van der Waals surface area contributed by atoms with E-state index in [0.717, 1.165) is 37.7 Å². The molecule has 0 aliphatic heterocycles. The van der Waals surface area contributed by atoms with E-state index < -0.39 is 6.10 Å². The summed E-state index contributed by atoms with van der Waals surface area (Å²) >= 11 is 0. The summed E-state index contributed by atoms with van der Waals surface area (Å²) in [5.41, 5.74) is 5.17. The second-order valence-corrected chi connectivity index (χ2v) is 8.24. The van der Waals surface area contributed by atoms with Crippen LogP contribution < -0.4 is 0 Å². The topological polar surface area (TPSA) is 38.7 Å². The predicted octanol–water partition coefficient (Wildman–Crippen LogP) is 5.17. The summed E-state index contributed by atoms with van der Waals surface area (Å²) in [4.78, 5) is 0. The van der Waals surface area contributed by atoms with Gasteiger partial charge in [-0.2, -0.15) is 0 Å². The van der Waals surface area contributed by atoms with E-state index in [-0.39, 0.29) is 18.3 Å². The summed E-state index contributed by atoms with van der Waals surface area (Å²) in [7, 11) is 1.65. The zero-order valence-corrected chi connectivity index (χ0v) is 16.9. The second kappa shape index (κ2) is 8.66. The number of aliphatic hydroxyl groups excluding tert-OH is 1. The van der Waals surface area contributed by atoms with Crippen LogP contribution in [-0.4, -0.2) is 31.2 Å². The molecule has 0 aromatic heterocycles. The molecule has 2 aliphatic carbocycles. The molecule has 142 valence electrons. The van der Waals surface area contributed by atoms with Gasteiger partial charge in [0, 0.05) is 7.11 Å². The molecule has 0 aromatic carbocycles. The van der Waals surface area contributed by atoms with E-state index in [1.54, 1.807) is 7.11 Å². The van der Waals surface area contributed by atoms with E-state index >= 15 is 0 Å². The molecule has 0 radical (unpaired) electrons. The van der Waals surface area contributed by atoms with Crippen molar-refractivity contribution < 1.29 is 14.6 Å². The lowest BCUT2D eigenvalue weighted by molar-refractivity contribution is -0.0791. The third-order valence-electron chi connectivity index (χ3n) is 6.51. The Bertz CT molecular complexity index is 558. The monoisotopic (exact) mass is 348 g/mol. The molecule has 2 bridgehead atoms. The highest BCUT2D eigenvalue weighted by Crippen LogP contribution is 2.50. The highest BCUT2D eigenvalue weighted by atomic mass is 16.7. The summed E-state index contributed by atoms with van der Waals surface area (Å²) in [5, 5.41) is 11.0. The first-order valence-electron chi connectivity index (χ1n) is 9.62. The first-order valence-corrected chi connectivity index (χ1v) is 9.62. The fraction of sp³-hybridized carbons (Fsp3) is 0.727. The van der Waals surface area contributed by atoms with Crippen molar-refractivity contribution in [2.24, 2.45) is 11.3 Å². The van der Waals surface area contributed by atoms with E-state index in [0.29, 0.717) is 5.92 Å². The van der Waals surface area contributed by atoms with Crippen LogP contribution in [0.2, 0.25) is 0 Å². The summed E-state index contributed by atoms with van der Waals surface area (Å²) < 4.78 is 11.1. The van der Waals surface area contributed by atoms with Crippen LogP contribution in [0.5, 0.6) is 0 Å². The maximum Gasteiger partial charge on any atom is 0.147 e. The van der Waals surface area contributed by atoms with Gasteiger partial charge in [0.2, 0.25) is 0 Å². The summed E-state index contributed by atoms with van der Waals surface area (Å²) in [6.45, 7) is 11.5. The Morgan fingerprint density at radius 2 is 1.92 bits per heavy atom. The van der Waals surface area contributed by atoms with Gasteiger partial charge in [0.25, 0.3) is 0 Å². The number of ether oxygens (including phenoxy) is 2. The highest BCUT2D eigenvalue weighted by Gasteiger charge is 2.43. The van der Waals surface area contributed by atoms with E-state index in [4.69, 9.17) is 9.47 Å². The van der Waals surface area contributed by atoms with E-state index in [1.807, 2.05) is 6.08 Å². The van der Waals surface area contributed by atoms with Crippen LogP contribution >= 0.6 is 0 Å². The highest BCUT2D eigenvalue weighted by molar-refractivity contribution is 5.34. The Labute approximate surface area is 153 Å². The van der Waals surface area contributed by atoms with Crippen molar-refractivity contribution in [3.05, 3.63) is 34.4 Å². The fourth-order valence-electron chi connectivity index (χ4n) is 4.35. The van der Waals surface area contributed by atoms with E-state index in [9.17, 15) is 5.11 Å². The smallest absolute Gasteiger partial charge is 0.147 e. The van der Waals surface area contributed by atoms with Gasteiger partial charge in [-0.1, -0.05) is 42.7 Å². The number of aliphatic hydroxyl groups is 1. The van der Waals surface area contributed by atoms with Gasteiger partial charge in [0.05, 0.1) is 12.2 Å². The van der Waals surface area contributed by atoms with Crippen molar-refractivity contribution >= 4 is 0 Å². The minimum atomic E-state index is -0.571. The first kappa shape index (κ1) is 20.4. The molecule has 0 unspecified atom stereocenters. The Morgan fingerprint density at radius 3 is 2.60 bits per heavy atom. The molecule has 3 nitrogen and oxygen atoms in total. The molecule has 25 heavy (non-hydrogen) atoms. The average molecular weight is 349 g/mol. The molecular weight excluding hydrogens is 312 g/mol. The molecule has 0 spiro atoms. The quantitative estimate of drug-likeness (QED) is 0.565. The van der Waals surface area contributed by atoms with Gasteiger partial charge < -0.3 is 14.6 Å². The Morgan fingerprint density at radius 1 is 1.20 bits per heavy atom. The lowest BCUT2D eigenvalue weighted by Gasteiger charge is -2.46. The standard InChI is InChI=1S/C22H36O3/c1-15-8-7-9-16(2)12-19(23)21-18(4)22(5,11-10-15)17(3)13-20(21)25-14-24-6/h8,12,17,19-20,23H,7,9-11,13-14H2,1-6H3/b15-8+,16-12+/t17-,19-,20+,22-/m1/s1. The lowest BCUT2D eigenvalue weighted by atomic mass is 9.61. The fourth-order valence-corrected chi connectivity index (χ4v) is 4.35. The zero-order valence-electron chi connectivity index (χ0n) is 16.9. The molecule has 0 heterocycles. The number of hydrogen-bond acceptors (Lipinski definition) is 3. The number of hydrogen-bond donors (Lipinski definition) is 1. The zero-order chi connectivity index (χ0) is 18.6. The second-order valence-electron chi connectivity index (χ2n) is 8.24. The summed E-state index contributed by atoms with van der Waals surface area (Å²) in [6, 6.07) is 0. The van der Waals surface area contributed by atoms with Crippen molar-refractivity contribution in [2.45, 2.75) is 78.9 Å². The van der Waals surface area contributed by atoms with E-state index in [1.165, 1.54) is 16.7 Å². The molecule has 2 rings (SSSR count). The molecule has 0 saturated heterocycles. The van der Waals surface area contributed by atoms with Crippen molar-refractivity contribution in [3.63, 3.8) is 0 Å². The van der Waals surface area contributed by atoms with Crippen LogP contribution in [0.25, 0.3) is 0 Å². The predicted molar refractivity (Wildman–Crippen MR) is 103 cm³/mol. The lowest BCUT2D eigenvalue weighted by Crippen LogP contribution is -2.41. The largest absolute Gasteiger partial charge is 0.385 e. The average Bonchev–Trinajstić information content (AvgIpc) is 2.55. The molecule has 1 N–H and O–H groups in total. The van der Waals surface area contributed by atoms with Crippen molar-refractivity contribution in [3.8, 4) is 0 Å². The number of rotatable bonds is 3. The number of allylic oxidation sites excluding steroid dienone is 4. The van der Waals surface area contributed by atoms with E-state index in [2.05, 4.69) is 40.7 Å². The van der Waals surface area contributed by atoms with Crippen LogP contribution in [0.1, 0.15) is 66.7 Å². The normalized spacial score (nSPS) is 38.9. The van der Waals surface area contributed by atoms with Crippen LogP contribution in [0.4, 0.5) is 0 Å². The maximum atomic E-state index is 11.0. The first-order chi connectivity index (χ1) is 11.8. The van der Waals surface area contributed by atoms with Gasteiger partial charge in [-0.25, -0.2) is 0 Å². The molecule has 0 aromatic rings. The number of fused-ring (bicyclic) bond motifs is 1. The Hall–Kier alpha value is -0.900. The minimum absolute atomic E-state index is 0.0679. The maximum absolute atomic E-state index is 11.0. The summed E-state index contributed by atoms with van der Waals surface area (Å²) in [6.07, 6.45) is 8.97. The van der Waals surface area contributed by atoms with Gasteiger partial charge in [-0.3, -0.25) is 0 Å². The minimum Gasteiger partial charge on any atom is -0.385 e. The molecule has 0 fully saturated rings. The Kier molecular flexibility index (Phi) is 7.07. The van der Waals surface area contributed by atoms with Crippen molar-refractivity contribution in [1.29, 1.82) is 0 Å². The van der Waals surface area contributed by atoms with Crippen LogP contribution in [-0.2, 0) is 9.47 Å². The van der Waals surface area contributed by atoms with Gasteiger partial charge in [-0.05, 0) is 69.8 Å². The third-order valence-corrected chi connectivity index (χ3v) is 6.51. The Balaban J connectivity index is 2.49.